The van der Waals surface area contributed by atoms with Gasteiger partial charge in [0, 0.05) is 14.3 Å². The molecule has 0 bridgehead atoms. The van der Waals surface area contributed by atoms with Gasteiger partial charge in [0.05, 0.1) is 4.90 Å². The van der Waals surface area contributed by atoms with Gasteiger partial charge < -0.3 is 5.11 Å². The Labute approximate surface area is 128 Å². The van der Waals surface area contributed by atoms with Crippen molar-refractivity contribution in [2.24, 2.45) is 5.14 Å². The highest BCUT2D eigenvalue weighted by molar-refractivity contribution is 7.89. The molecule has 1 aromatic carbocycles. The van der Waals surface area contributed by atoms with E-state index in [2.05, 4.69) is 0 Å². The number of hydrogen-bond donors (Lipinski definition) is 2. The van der Waals surface area contributed by atoms with Crippen LogP contribution in [0.1, 0.15) is 9.67 Å². The first kappa shape index (κ1) is 14.2. The predicted molar refractivity (Wildman–Crippen MR) is 83.5 cm³/mol. The Bertz CT molecular complexity index is 921. The molecular weight excluding hydrogens is 330 g/mol. The molecule has 2 heterocycles. The summed E-state index contributed by atoms with van der Waals surface area (Å²) >= 11 is 2.62. The summed E-state index contributed by atoms with van der Waals surface area (Å²) in [4.78, 5) is 12.1. The quantitative estimate of drug-likeness (QED) is 0.766. The van der Waals surface area contributed by atoms with E-state index < -0.39 is 16.0 Å². The number of nitrogens with two attached hydrogens (primary N) is 1. The number of sulfonamides is 1. The maximum absolute atomic E-state index is 11.4. The van der Waals surface area contributed by atoms with Gasteiger partial charge in [-0.1, -0.05) is 12.1 Å². The number of hydrogen-bond acceptors (Lipinski definition) is 5. The zero-order chi connectivity index (χ0) is 15.2. The smallest absolute Gasteiger partial charge is 0.345 e. The second-order valence-corrected chi connectivity index (χ2v) is 8.06. The summed E-state index contributed by atoms with van der Waals surface area (Å²) in [5, 5.41) is 14.1. The van der Waals surface area contributed by atoms with Gasteiger partial charge in [0.15, 0.2) is 0 Å². The molecule has 108 valence electrons. The summed E-state index contributed by atoms with van der Waals surface area (Å²) in [7, 11) is -3.74. The highest BCUT2D eigenvalue weighted by atomic mass is 32.2. The SMILES string of the molecule is NS(=O)(=O)c1cccc(-c2cc3sc(C(=O)O)cc3s2)c1. The molecule has 0 aliphatic carbocycles. The number of primary sulfonamides is 1. The fourth-order valence-electron chi connectivity index (χ4n) is 1.91. The fraction of sp³-hybridized carbons (Fsp3) is 0. The van der Waals surface area contributed by atoms with Crippen molar-refractivity contribution in [3.63, 3.8) is 0 Å². The van der Waals surface area contributed by atoms with Crippen molar-refractivity contribution in [1.82, 2.24) is 0 Å². The van der Waals surface area contributed by atoms with Gasteiger partial charge in [-0.05, 0) is 29.8 Å². The van der Waals surface area contributed by atoms with Crippen molar-refractivity contribution >= 4 is 48.1 Å². The maximum atomic E-state index is 11.4. The summed E-state index contributed by atoms with van der Waals surface area (Å²) in [6, 6.07) is 9.87. The van der Waals surface area contributed by atoms with Crippen LogP contribution >= 0.6 is 22.7 Å². The van der Waals surface area contributed by atoms with Gasteiger partial charge in [-0.25, -0.2) is 18.4 Å². The molecule has 2 aromatic heterocycles. The third-order valence-electron chi connectivity index (χ3n) is 2.86. The molecular formula is C13H9NO4S3. The van der Waals surface area contributed by atoms with E-state index in [-0.39, 0.29) is 4.90 Å². The van der Waals surface area contributed by atoms with E-state index in [0.717, 1.165) is 19.8 Å². The Morgan fingerprint density at radius 2 is 1.81 bits per heavy atom. The molecule has 0 aliphatic heterocycles. The highest BCUT2D eigenvalue weighted by Gasteiger charge is 2.14. The molecule has 0 aliphatic rings. The Kier molecular flexibility index (Phi) is 3.33. The van der Waals surface area contributed by atoms with E-state index >= 15 is 0 Å². The number of aromatic carboxylic acids is 1. The minimum absolute atomic E-state index is 0.0583. The number of rotatable bonds is 3. The van der Waals surface area contributed by atoms with Crippen LogP contribution in [-0.2, 0) is 10.0 Å². The second kappa shape index (κ2) is 4.92. The normalized spacial score (nSPS) is 11.9. The first-order valence-electron chi connectivity index (χ1n) is 5.74. The largest absolute Gasteiger partial charge is 0.477 e. The van der Waals surface area contributed by atoms with Gasteiger partial charge in [0.1, 0.15) is 4.88 Å². The Morgan fingerprint density at radius 1 is 1.10 bits per heavy atom. The molecule has 0 saturated heterocycles. The molecule has 0 radical (unpaired) electrons. The molecule has 8 heteroatoms. The fourth-order valence-corrected chi connectivity index (χ4v) is 4.70. The Morgan fingerprint density at radius 3 is 2.43 bits per heavy atom. The maximum Gasteiger partial charge on any atom is 0.345 e. The number of thiophene rings is 2. The summed E-state index contributed by atoms with van der Waals surface area (Å²) < 4.78 is 24.5. The molecule has 0 amide bonds. The third-order valence-corrected chi connectivity index (χ3v) is 6.11. The number of benzene rings is 1. The van der Waals surface area contributed by atoms with Crippen LogP contribution in [0.3, 0.4) is 0 Å². The standard InChI is InChI=1S/C13H9NO4S3/c14-21(17,18)8-3-1-2-7(4-8)9-5-10-11(19-9)6-12(20-10)13(15)16/h1-6H,(H,15,16)(H2,14,17,18). The van der Waals surface area contributed by atoms with E-state index in [1.807, 2.05) is 6.07 Å². The van der Waals surface area contributed by atoms with Crippen LogP contribution in [-0.4, -0.2) is 19.5 Å². The molecule has 0 saturated carbocycles. The zero-order valence-electron chi connectivity index (χ0n) is 10.4. The van der Waals surface area contributed by atoms with Gasteiger partial charge in [-0.15, -0.1) is 22.7 Å². The van der Waals surface area contributed by atoms with Gasteiger partial charge >= 0.3 is 5.97 Å². The van der Waals surface area contributed by atoms with Crippen LogP contribution in [0.5, 0.6) is 0 Å². The van der Waals surface area contributed by atoms with Crippen LogP contribution in [0.15, 0.2) is 41.3 Å². The van der Waals surface area contributed by atoms with E-state index in [4.69, 9.17) is 10.2 Å². The van der Waals surface area contributed by atoms with Crippen molar-refractivity contribution in [3.05, 3.63) is 41.3 Å². The molecule has 5 nitrogen and oxygen atoms in total. The third kappa shape index (κ3) is 2.70. The summed E-state index contributed by atoms with van der Waals surface area (Å²) in [5.74, 6) is -0.943. The molecule has 0 spiro atoms. The summed E-state index contributed by atoms with van der Waals surface area (Å²) in [5.41, 5.74) is 0.742. The zero-order valence-corrected chi connectivity index (χ0v) is 12.9. The van der Waals surface area contributed by atoms with Crippen molar-refractivity contribution in [2.75, 3.05) is 0 Å². The van der Waals surface area contributed by atoms with Crippen molar-refractivity contribution in [1.29, 1.82) is 0 Å². The minimum atomic E-state index is -3.74. The van der Waals surface area contributed by atoms with Crippen LogP contribution in [0.2, 0.25) is 0 Å². The molecule has 21 heavy (non-hydrogen) atoms. The molecule has 0 unspecified atom stereocenters. The average molecular weight is 339 g/mol. The van der Waals surface area contributed by atoms with Crippen LogP contribution < -0.4 is 5.14 Å². The molecule has 0 fully saturated rings. The summed E-state index contributed by atoms with van der Waals surface area (Å²) in [6.07, 6.45) is 0. The van der Waals surface area contributed by atoms with Crippen molar-refractivity contribution in [2.45, 2.75) is 4.90 Å². The number of carboxylic acid groups (broad SMARTS) is 1. The lowest BCUT2D eigenvalue weighted by molar-refractivity contribution is 0.0702. The topological polar surface area (TPSA) is 97.5 Å². The summed E-state index contributed by atoms with van der Waals surface area (Å²) in [6.45, 7) is 0. The Balaban J connectivity index is 2.08. The van der Waals surface area contributed by atoms with Crippen molar-refractivity contribution < 1.29 is 18.3 Å². The number of carboxylic acids is 1. The van der Waals surface area contributed by atoms with Gasteiger partial charge in [0.2, 0.25) is 10.0 Å². The van der Waals surface area contributed by atoms with Crippen LogP contribution in [0.25, 0.3) is 19.8 Å². The number of carbonyl (C=O) groups is 1. The lowest BCUT2D eigenvalue weighted by Crippen LogP contribution is -2.11. The highest BCUT2D eigenvalue weighted by Crippen LogP contribution is 2.38. The van der Waals surface area contributed by atoms with Crippen molar-refractivity contribution in [3.8, 4) is 10.4 Å². The van der Waals surface area contributed by atoms with E-state index in [9.17, 15) is 13.2 Å². The van der Waals surface area contributed by atoms with Gasteiger partial charge in [-0.3, -0.25) is 0 Å². The van der Waals surface area contributed by atoms with E-state index in [0.29, 0.717) is 4.88 Å². The second-order valence-electron chi connectivity index (χ2n) is 4.33. The first-order valence-corrected chi connectivity index (χ1v) is 8.92. The van der Waals surface area contributed by atoms with Crippen LogP contribution in [0, 0.1) is 0 Å². The Hall–Kier alpha value is -1.74. The minimum Gasteiger partial charge on any atom is -0.477 e. The lowest BCUT2D eigenvalue weighted by Gasteiger charge is -2.01. The average Bonchev–Trinajstić information content (AvgIpc) is 2.95. The molecule has 0 atom stereocenters. The first-order chi connectivity index (χ1) is 9.84. The molecule has 3 rings (SSSR count). The number of fused-ring (bicyclic) bond motifs is 1. The lowest BCUT2D eigenvalue weighted by atomic mass is 10.2. The van der Waals surface area contributed by atoms with E-state index in [1.165, 1.54) is 34.8 Å². The van der Waals surface area contributed by atoms with Gasteiger partial charge in [-0.2, -0.15) is 0 Å². The van der Waals surface area contributed by atoms with E-state index in [1.54, 1.807) is 18.2 Å². The monoisotopic (exact) mass is 339 g/mol. The van der Waals surface area contributed by atoms with Gasteiger partial charge in [0.25, 0.3) is 0 Å². The predicted octanol–water partition coefficient (Wildman–Crippen LogP) is 2.98. The van der Waals surface area contributed by atoms with Crippen LogP contribution in [0.4, 0.5) is 0 Å². The molecule has 3 aromatic rings. The molecule has 3 N–H and O–H groups in total.